The Hall–Kier alpha value is 0.200. The standard InChI is InChI=1S/C2H2O2P2/c3-1-5-2(4)6-1/h5-6H. The molecule has 1 rings (SSSR count). The molecule has 0 atom stereocenters. The van der Waals surface area contributed by atoms with Crippen LogP contribution in [-0.4, -0.2) is 10.5 Å². The van der Waals surface area contributed by atoms with Gasteiger partial charge in [0.05, 0.1) is 0 Å². The molecule has 0 saturated carbocycles. The highest BCUT2D eigenvalue weighted by Gasteiger charge is 2.22. The van der Waals surface area contributed by atoms with Crippen LogP contribution in [0.2, 0.25) is 0 Å². The molecule has 0 aliphatic carbocycles. The van der Waals surface area contributed by atoms with Crippen molar-refractivity contribution < 1.29 is 9.59 Å². The van der Waals surface area contributed by atoms with Crippen molar-refractivity contribution in [2.75, 3.05) is 0 Å². The van der Waals surface area contributed by atoms with Gasteiger partial charge < -0.3 is 0 Å². The maximum atomic E-state index is 9.91. The third-order valence-corrected chi connectivity index (χ3v) is 2.86. The van der Waals surface area contributed by atoms with Gasteiger partial charge >= 0.3 is 0 Å². The minimum Gasteiger partial charge on any atom is -0.289 e. The fourth-order valence-corrected chi connectivity index (χ4v) is 1.61. The second kappa shape index (κ2) is 1.36. The quantitative estimate of drug-likeness (QED) is 0.455. The average molecular weight is 120 g/mol. The maximum absolute atomic E-state index is 9.91. The normalized spacial score (nSPS) is 28.7. The van der Waals surface area contributed by atoms with Crippen LogP contribution in [-0.2, 0) is 0 Å². The van der Waals surface area contributed by atoms with Crippen molar-refractivity contribution in [3.63, 3.8) is 0 Å². The zero-order chi connectivity index (χ0) is 4.57. The van der Waals surface area contributed by atoms with E-state index in [1.807, 2.05) is 0 Å². The van der Waals surface area contributed by atoms with Gasteiger partial charge in [-0.2, -0.15) is 0 Å². The third kappa shape index (κ3) is 0.640. The summed E-state index contributed by atoms with van der Waals surface area (Å²) in [6.07, 6.45) is 0. The first-order valence-corrected chi connectivity index (χ1v) is 3.41. The van der Waals surface area contributed by atoms with Gasteiger partial charge in [0, 0.05) is 17.2 Å². The second-order valence-corrected chi connectivity index (χ2v) is 4.22. The first kappa shape index (κ1) is 4.36. The van der Waals surface area contributed by atoms with E-state index in [1.165, 1.54) is 0 Å². The molecule has 0 N–H and O–H groups in total. The maximum Gasteiger partial charge on any atom is 0.185 e. The molecule has 4 heteroatoms. The molecule has 0 aromatic heterocycles. The Balaban J connectivity index is 2.47. The molecular weight excluding hydrogens is 118 g/mol. The molecule has 1 saturated heterocycles. The number of carbonyl (C=O) groups is 2. The van der Waals surface area contributed by atoms with Gasteiger partial charge in [-0.15, -0.1) is 0 Å². The van der Waals surface area contributed by atoms with Crippen LogP contribution in [0.4, 0.5) is 9.59 Å². The Bertz CT molecular complexity index is 86.1. The van der Waals surface area contributed by atoms with Crippen LogP contribution in [0, 0.1) is 0 Å². The Morgan fingerprint density at radius 3 is 1.33 bits per heavy atom. The summed E-state index contributed by atoms with van der Waals surface area (Å²) in [5, 5.41) is 0.278. The van der Waals surface area contributed by atoms with E-state index in [4.69, 9.17) is 0 Å². The minimum atomic E-state index is 0.00309. The summed E-state index contributed by atoms with van der Waals surface area (Å²) >= 11 is 0. The van der Waals surface area contributed by atoms with Crippen molar-refractivity contribution >= 4 is 27.7 Å². The van der Waals surface area contributed by atoms with Crippen molar-refractivity contribution in [2.24, 2.45) is 0 Å². The monoisotopic (exact) mass is 120 g/mol. The smallest absolute Gasteiger partial charge is 0.185 e. The highest BCUT2D eigenvalue weighted by atomic mass is 31.2. The lowest BCUT2D eigenvalue weighted by Gasteiger charge is -2.04. The molecule has 1 aliphatic rings. The topological polar surface area (TPSA) is 34.1 Å². The first-order chi connectivity index (χ1) is 2.79. The summed E-state index contributed by atoms with van der Waals surface area (Å²) in [7, 11) is 0.00617. The van der Waals surface area contributed by atoms with E-state index in [0.29, 0.717) is 0 Å². The molecule has 0 aromatic carbocycles. The molecule has 1 aliphatic heterocycles. The van der Waals surface area contributed by atoms with Gasteiger partial charge in [0.2, 0.25) is 0 Å². The van der Waals surface area contributed by atoms with Gasteiger partial charge in [0.1, 0.15) is 0 Å². The Morgan fingerprint density at radius 2 is 1.33 bits per heavy atom. The highest BCUT2D eigenvalue weighted by molar-refractivity contribution is 8.20. The van der Waals surface area contributed by atoms with Crippen LogP contribution >= 0.6 is 17.2 Å². The molecular formula is C2H2O2P2. The molecule has 0 amide bonds. The fraction of sp³-hybridized carbons (Fsp3) is 0. The van der Waals surface area contributed by atoms with E-state index in [-0.39, 0.29) is 27.7 Å². The number of hydrogen-bond donors (Lipinski definition) is 0. The second-order valence-electron chi connectivity index (χ2n) is 0.908. The Morgan fingerprint density at radius 1 is 1.00 bits per heavy atom. The predicted octanol–water partition coefficient (Wildman–Crippen LogP) is 1.60. The zero-order valence-corrected chi connectivity index (χ0v) is 4.82. The van der Waals surface area contributed by atoms with Crippen LogP contribution < -0.4 is 0 Å². The summed E-state index contributed by atoms with van der Waals surface area (Å²) in [4.78, 5) is 19.8. The van der Waals surface area contributed by atoms with Gasteiger partial charge in [-0.3, -0.25) is 9.59 Å². The van der Waals surface area contributed by atoms with Crippen molar-refractivity contribution in [3.05, 3.63) is 0 Å². The molecule has 0 unspecified atom stereocenters. The molecule has 2 nitrogen and oxygen atoms in total. The number of carbonyl (C=O) groups excluding carboxylic acids is 2. The molecule has 1 heterocycles. The lowest BCUT2D eigenvalue weighted by Crippen LogP contribution is -1.92. The summed E-state index contributed by atoms with van der Waals surface area (Å²) in [6.45, 7) is 0. The van der Waals surface area contributed by atoms with Gasteiger partial charge in [-0.05, 0) is 0 Å². The Kier molecular flexibility index (Phi) is 0.992. The zero-order valence-electron chi connectivity index (χ0n) is 2.82. The summed E-state index contributed by atoms with van der Waals surface area (Å²) in [5.41, 5.74) is 0. The van der Waals surface area contributed by atoms with Crippen molar-refractivity contribution in [1.29, 1.82) is 0 Å². The number of hydrogen-bond acceptors (Lipinski definition) is 2. The SMILES string of the molecule is O=C1PC(=O)P1. The van der Waals surface area contributed by atoms with Crippen molar-refractivity contribution in [1.82, 2.24) is 0 Å². The predicted molar refractivity (Wildman–Crippen MR) is 27.4 cm³/mol. The fourth-order valence-electron chi connectivity index (χ4n) is 0.206. The van der Waals surface area contributed by atoms with Crippen LogP contribution in [0.1, 0.15) is 0 Å². The van der Waals surface area contributed by atoms with Crippen LogP contribution in [0.3, 0.4) is 0 Å². The van der Waals surface area contributed by atoms with Crippen molar-refractivity contribution in [3.8, 4) is 0 Å². The number of rotatable bonds is 0. The molecule has 6 heavy (non-hydrogen) atoms. The molecule has 0 spiro atoms. The molecule has 1 fully saturated rings. The van der Waals surface area contributed by atoms with E-state index in [2.05, 4.69) is 0 Å². The first-order valence-electron chi connectivity index (χ1n) is 1.41. The third-order valence-electron chi connectivity index (χ3n) is 0.454. The van der Waals surface area contributed by atoms with E-state index in [1.54, 1.807) is 0 Å². The van der Waals surface area contributed by atoms with Gasteiger partial charge in [0.15, 0.2) is 10.5 Å². The lowest BCUT2D eigenvalue weighted by atomic mass is 11.7. The van der Waals surface area contributed by atoms with Crippen LogP contribution in [0.25, 0.3) is 0 Å². The largest absolute Gasteiger partial charge is 0.289 e. The van der Waals surface area contributed by atoms with E-state index < -0.39 is 0 Å². The van der Waals surface area contributed by atoms with E-state index >= 15 is 0 Å². The molecule has 0 aromatic rings. The summed E-state index contributed by atoms with van der Waals surface area (Å²) in [6, 6.07) is 0. The molecule has 0 bridgehead atoms. The van der Waals surface area contributed by atoms with Gasteiger partial charge in [0.25, 0.3) is 0 Å². The van der Waals surface area contributed by atoms with Crippen LogP contribution in [0.15, 0.2) is 0 Å². The minimum absolute atomic E-state index is 0.00309. The lowest BCUT2D eigenvalue weighted by molar-refractivity contribution is 0.269. The van der Waals surface area contributed by atoms with E-state index in [9.17, 15) is 9.59 Å². The summed E-state index contributed by atoms with van der Waals surface area (Å²) in [5.74, 6) is 0. The van der Waals surface area contributed by atoms with E-state index in [0.717, 1.165) is 0 Å². The Labute approximate surface area is 38.3 Å². The van der Waals surface area contributed by atoms with Crippen LogP contribution in [0.5, 0.6) is 0 Å². The van der Waals surface area contributed by atoms with Gasteiger partial charge in [-0.25, -0.2) is 0 Å². The van der Waals surface area contributed by atoms with Crippen molar-refractivity contribution in [2.45, 2.75) is 0 Å². The molecule has 0 radical (unpaired) electrons. The van der Waals surface area contributed by atoms with Gasteiger partial charge in [-0.1, -0.05) is 0 Å². The highest BCUT2D eigenvalue weighted by Crippen LogP contribution is 2.47. The molecule has 32 valence electrons. The summed E-state index contributed by atoms with van der Waals surface area (Å²) < 4.78 is 0. The average Bonchev–Trinajstić information content (AvgIpc) is 1.33.